The highest BCUT2D eigenvalue weighted by atomic mass is 32.2. The summed E-state index contributed by atoms with van der Waals surface area (Å²) in [5.74, 6) is 0. The SMILES string of the molecule is CS(=O)(=O)[C@@H](N=O)c1cccc([N+](=O)[O-])c1. The molecule has 0 unspecified atom stereocenters. The summed E-state index contributed by atoms with van der Waals surface area (Å²) in [4.78, 5) is 20.2. The molecular formula is C8H8N2O5S. The van der Waals surface area contributed by atoms with Crippen LogP contribution in [0.15, 0.2) is 29.4 Å². The lowest BCUT2D eigenvalue weighted by Crippen LogP contribution is -2.08. The smallest absolute Gasteiger partial charge is 0.258 e. The summed E-state index contributed by atoms with van der Waals surface area (Å²) in [5, 5.41) is 11.3. The molecule has 16 heavy (non-hydrogen) atoms. The van der Waals surface area contributed by atoms with Crippen LogP contribution in [0.1, 0.15) is 10.9 Å². The van der Waals surface area contributed by atoms with Crippen LogP contribution in [-0.2, 0) is 9.84 Å². The topological polar surface area (TPSA) is 107 Å². The molecule has 0 bridgehead atoms. The van der Waals surface area contributed by atoms with Crippen LogP contribution in [0.2, 0.25) is 0 Å². The minimum Gasteiger partial charge on any atom is -0.258 e. The van der Waals surface area contributed by atoms with Crippen molar-refractivity contribution < 1.29 is 13.3 Å². The summed E-state index contributed by atoms with van der Waals surface area (Å²) < 4.78 is 22.4. The Morgan fingerprint density at radius 1 is 1.44 bits per heavy atom. The summed E-state index contributed by atoms with van der Waals surface area (Å²) in [6.07, 6.45) is 0.845. The number of rotatable bonds is 4. The predicted molar refractivity (Wildman–Crippen MR) is 56.5 cm³/mol. The number of nitroso groups, excluding NO2 is 1. The number of nitro groups is 1. The van der Waals surface area contributed by atoms with E-state index in [-0.39, 0.29) is 11.3 Å². The molecule has 0 heterocycles. The summed E-state index contributed by atoms with van der Waals surface area (Å²) >= 11 is 0. The quantitative estimate of drug-likeness (QED) is 0.452. The van der Waals surface area contributed by atoms with E-state index >= 15 is 0 Å². The van der Waals surface area contributed by atoms with Crippen molar-refractivity contribution in [3.63, 3.8) is 0 Å². The zero-order valence-electron chi connectivity index (χ0n) is 8.23. The highest BCUT2D eigenvalue weighted by Gasteiger charge is 2.25. The van der Waals surface area contributed by atoms with Crippen LogP contribution in [0.5, 0.6) is 0 Å². The maximum absolute atomic E-state index is 11.2. The first-order valence-corrected chi connectivity index (χ1v) is 6.07. The van der Waals surface area contributed by atoms with Gasteiger partial charge in [0.2, 0.25) is 5.37 Å². The number of benzene rings is 1. The number of nitro benzene ring substituents is 1. The fourth-order valence-electron chi connectivity index (χ4n) is 1.18. The van der Waals surface area contributed by atoms with E-state index in [1.165, 1.54) is 18.2 Å². The van der Waals surface area contributed by atoms with E-state index in [0.717, 1.165) is 12.3 Å². The van der Waals surface area contributed by atoms with Gasteiger partial charge in [0.1, 0.15) is 0 Å². The second-order valence-electron chi connectivity index (χ2n) is 3.14. The first-order valence-electron chi connectivity index (χ1n) is 4.12. The molecular weight excluding hydrogens is 236 g/mol. The monoisotopic (exact) mass is 244 g/mol. The summed E-state index contributed by atoms with van der Waals surface area (Å²) in [6.45, 7) is 0. The van der Waals surface area contributed by atoms with Gasteiger partial charge in [-0.2, -0.15) is 0 Å². The predicted octanol–water partition coefficient (Wildman–Crippen LogP) is 1.40. The molecule has 0 spiro atoms. The number of sulfone groups is 1. The van der Waals surface area contributed by atoms with Gasteiger partial charge < -0.3 is 0 Å². The molecule has 1 atom stereocenters. The molecule has 86 valence electrons. The van der Waals surface area contributed by atoms with Crippen LogP contribution < -0.4 is 0 Å². The van der Waals surface area contributed by atoms with E-state index in [1.54, 1.807) is 0 Å². The van der Waals surface area contributed by atoms with Gasteiger partial charge in [0.15, 0.2) is 9.84 Å². The Balaban J connectivity index is 3.27. The number of hydrogen-bond acceptors (Lipinski definition) is 6. The van der Waals surface area contributed by atoms with Crippen LogP contribution in [0.3, 0.4) is 0 Å². The van der Waals surface area contributed by atoms with E-state index < -0.39 is 20.1 Å². The molecule has 0 radical (unpaired) electrons. The van der Waals surface area contributed by atoms with Crippen molar-refractivity contribution >= 4 is 15.5 Å². The average Bonchev–Trinajstić information content (AvgIpc) is 2.17. The van der Waals surface area contributed by atoms with E-state index in [1.807, 2.05) is 0 Å². The van der Waals surface area contributed by atoms with Crippen molar-refractivity contribution in [2.75, 3.05) is 6.26 Å². The third-order valence-electron chi connectivity index (χ3n) is 1.87. The zero-order valence-corrected chi connectivity index (χ0v) is 9.05. The Labute approximate surface area is 91.1 Å². The highest BCUT2D eigenvalue weighted by molar-refractivity contribution is 7.90. The minimum atomic E-state index is -3.71. The summed E-state index contributed by atoms with van der Waals surface area (Å²) in [6, 6.07) is 4.83. The van der Waals surface area contributed by atoms with Crippen LogP contribution in [0.4, 0.5) is 5.69 Å². The molecule has 0 fully saturated rings. The van der Waals surface area contributed by atoms with Gasteiger partial charge in [-0.15, -0.1) is 4.91 Å². The molecule has 7 nitrogen and oxygen atoms in total. The average molecular weight is 244 g/mol. The third-order valence-corrected chi connectivity index (χ3v) is 3.04. The molecule has 0 aliphatic heterocycles. The minimum absolute atomic E-state index is 0.00769. The van der Waals surface area contributed by atoms with Crippen molar-refractivity contribution in [3.8, 4) is 0 Å². The van der Waals surface area contributed by atoms with Crippen LogP contribution >= 0.6 is 0 Å². The number of hydrogen-bond donors (Lipinski definition) is 0. The van der Waals surface area contributed by atoms with E-state index in [2.05, 4.69) is 5.18 Å². The Bertz CT molecular complexity index is 525. The van der Waals surface area contributed by atoms with Gasteiger partial charge in [0.05, 0.1) is 4.92 Å². The molecule has 0 aliphatic rings. The maximum Gasteiger partial charge on any atom is 0.269 e. The Kier molecular flexibility index (Phi) is 3.33. The van der Waals surface area contributed by atoms with Gasteiger partial charge in [-0.05, 0) is 5.18 Å². The van der Waals surface area contributed by atoms with Crippen molar-refractivity contribution in [2.45, 2.75) is 5.37 Å². The van der Waals surface area contributed by atoms with Crippen molar-refractivity contribution in [2.24, 2.45) is 5.18 Å². The maximum atomic E-state index is 11.2. The standard InChI is InChI=1S/C8H8N2O5S/c1-16(14,15)8(9-11)6-3-2-4-7(5-6)10(12)13/h2-5,8H,1H3/t8-/m1/s1. The molecule has 1 aromatic carbocycles. The van der Waals surface area contributed by atoms with Crippen LogP contribution in [0.25, 0.3) is 0 Å². The second kappa shape index (κ2) is 4.35. The Hall–Kier alpha value is -1.83. The lowest BCUT2D eigenvalue weighted by Gasteiger charge is -2.06. The highest BCUT2D eigenvalue weighted by Crippen LogP contribution is 2.25. The largest absolute Gasteiger partial charge is 0.269 e. The third kappa shape index (κ3) is 2.60. The molecule has 0 aromatic heterocycles. The molecule has 1 aromatic rings. The Morgan fingerprint density at radius 3 is 2.50 bits per heavy atom. The van der Waals surface area contributed by atoms with Crippen molar-refractivity contribution in [1.82, 2.24) is 0 Å². The van der Waals surface area contributed by atoms with Gasteiger partial charge in [-0.3, -0.25) is 10.1 Å². The van der Waals surface area contributed by atoms with Gasteiger partial charge in [-0.1, -0.05) is 12.1 Å². The van der Waals surface area contributed by atoms with Crippen molar-refractivity contribution in [1.29, 1.82) is 0 Å². The summed E-state index contributed by atoms with van der Waals surface area (Å²) in [7, 11) is -3.71. The first-order chi connectivity index (χ1) is 7.36. The normalized spacial score (nSPS) is 13.1. The molecule has 0 saturated carbocycles. The molecule has 1 rings (SSSR count). The molecule has 0 saturated heterocycles. The lowest BCUT2D eigenvalue weighted by molar-refractivity contribution is -0.384. The molecule has 0 N–H and O–H groups in total. The van der Waals surface area contributed by atoms with Crippen LogP contribution in [0, 0.1) is 15.0 Å². The van der Waals surface area contributed by atoms with Gasteiger partial charge in [-0.25, -0.2) is 8.42 Å². The van der Waals surface area contributed by atoms with Gasteiger partial charge in [0, 0.05) is 24.0 Å². The van der Waals surface area contributed by atoms with E-state index in [0.29, 0.717) is 0 Å². The van der Waals surface area contributed by atoms with Crippen LogP contribution in [-0.4, -0.2) is 19.6 Å². The Morgan fingerprint density at radius 2 is 2.06 bits per heavy atom. The number of nitrogens with zero attached hydrogens (tertiary/aromatic N) is 2. The fourth-order valence-corrected chi connectivity index (χ4v) is 1.98. The second-order valence-corrected chi connectivity index (χ2v) is 5.24. The molecule has 0 amide bonds. The summed E-state index contributed by atoms with van der Waals surface area (Å²) in [5.41, 5.74) is -0.290. The van der Waals surface area contributed by atoms with Crippen molar-refractivity contribution in [3.05, 3.63) is 44.9 Å². The molecule has 8 heteroatoms. The van der Waals surface area contributed by atoms with E-state index in [9.17, 15) is 23.4 Å². The fraction of sp³-hybridized carbons (Fsp3) is 0.250. The number of non-ortho nitro benzene ring substituents is 1. The van der Waals surface area contributed by atoms with E-state index in [4.69, 9.17) is 0 Å². The molecule has 0 aliphatic carbocycles. The first kappa shape index (κ1) is 12.2. The van der Waals surface area contributed by atoms with Gasteiger partial charge in [0.25, 0.3) is 5.69 Å². The zero-order chi connectivity index (χ0) is 12.3. The lowest BCUT2D eigenvalue weighted by atomic mass is 10.2. The van der Waals surface area contributed by atoms with Gasteiger partial charge >= 0.3 is 0 Å².